The smallest absolute Gasteiger partial charge is 0.191 e. The first-order valence-electron chi connectivity index (χ1n) is 5.75. The maximum absolute atomic E-state index is 5.90. The fourth-order valence-corrected chi connectivity index (χ4v) is 1.98. The van der Waals surface area contributed by atoms with Crippen molar-refractivity contribution in [3.05, 3.63) is 0 Å². The Balaban J connectivity index is 2.44. The third-order valence-corrected chi connectivity index (χ3v) is 2.94. The van der Waals surface area contributed by atoms with Crippen LogP contribution >= 0.6 is 0 Å². The van der Waals surface area contributed by atoms with Gasteiger partial charge in [-0.25, -0.2) is 0 Å². The number of rotatable bonds is 3. The summed E-state index contributed by atoms with van der Waals surface area (Å²) in [4.78, 5) is 8.81. The van der Waals surface area contributed by atoms with Gasteiger partial charge in [0.2, 0.25) is 0 Å². The molecule has 2 N–H and O–H groups in total. The predicted molar refractivity (Wildman–Crippen MR) is 65.0 cm³/mol. The Labute approximate surface area is 93.1 Å². The molecule has 0 spiro atoms. The van der Waals surface area contributed by atoms with Gasteiger partial charge in [0.05, 0.1) is 0 Å². The van der Waals surface area contributed by atoms with E-state index in [1.54, 1.807) is 0 Å². The average Bonchev–Trinajstić information content (AvgIpc) is 2.50. The van der Waals surface area contributed by atoms with E-state index < -0.39 is 0 Å². The molecule has 0 aromatic heterocycles. The summed E-state index contributed by atoms with van der Waals surface area (Å²) in [7, 11) is 4.20. The largest absolute Gasteiger partial charge is 0.370 e. The third kappa shape index (κ3) is 3.70. The van der Waals surface area contributed by atoms with Crippen molar-refractivity contribution in [3.63, 3.8) is 0 Å². The van der Waals surface area contributed by atoms with E-state index >= 15 is 0 Å². The van der Waals surface area contributed by atoms with Crippen molar-refractivity contribution in [3.8, 4) is 0 Å². The van der Waals surface area contributed by atoms with Crippen LogP contribution in [-0.2, 0) is 0 Å². The monoisotopic (exact) mass is 212 g/mol. The van der Waals surface area contributed by atoms with Crippen molar-refractivity contribution in [1.82, 2.24) is 9.80 Å². The van der Waals surface area contributed by atoms with E-state index in [1.807, 2.05) is 20.9 Å². The molecule has 0 aromatic rings. The molecule has 1 saturated heterocycles. The van der Waals surface area contributed by atoms with Gasteiger partial charge in [-0.05, 0) is 40.3 Å². The minimum absolute atomic E-state index is 0.272. The first-order chi connectivity index (χ1) is 7.00. The van der Waals surface area contributed by atoms with Crippen molar-refractivity contribution in [2.45, 2.75) is 38.8 Å². The van der Waals surface area contributed by atoms with Crippen molar-refractivity contribution in [2.75, 3.05) is 27.2 Å². The van der Waals surface area contributed by atoms with Crippen LogP contribution in [0, 0.1) is 0 Å². The molecule has 1 rings (SSSR count). The minimum Gasteiger partial charge on any atom is -0.370 e. The van der Waals surface area contributed by atoms with Crippen molar-refractivity contribution >= 4 is 5.96 Å². The number of guanidine groups is 1. The summed E-state index contributed by atoms with van der Waals surface area (Å²) >= 11 is 0. The van der Waals surface area contributed by atoms with Gasteiger partial charge in [0.1, 0.15) is 0 Å². The van der Waals surface area contributed by atoms with Crippen molar-refractivity contribution in [1.29, 1.82) is 0 Å². The van der Waals surface area contributed by atoms with Crippen LogP contribution in [0.5, 0.6) is 0 Å². The van der Waals surface area contributed by atoms with Gasteiger partial charge in [-0.1, -0.05) is 0 Å². The lowest BCUT2D eigenvalue weighted by Gasteiger charge is -2.26. The maximum atomic E-state index is 5.90. The quantitative estimate of drug-likeness (QED) is 0.554. The first-order valence-corrected chi connectivity index (χ1v) is 5.75. The van der Waals surface area contributed by atoms with Crippen molar-refractivity contribution < 1.29 is 0 Å². The number of aliphatic imine (C=N–C) groups is 1. The third-order valence-electron chi connectivity index (χ3n) is 2.94. The van der Waals surface area contributed by atoms with Crippen LogP contribution in [-0.4, -0.2) is 55.0 Å². The molecule has 1 heterocycles. The zero-order valence-electron chi connectivity index (χ0n) is 10.4. The van der Waals surface area contributed by atoms with E-state index in [1.165, 1.54) is 19.4 Å². The molecule has 0 saturated carbocycles. The molecular formula is C11H24N4. The zero-order valence-corrected chi connectivity index (χ0v) is 10.4. The van der Waals surface area contributed by atoms with E-state index in [0.717, 1.165) is 6.54 Å². The lowest BCUT2D eigenvalue weighted by Crippen LogP contribution is -2.43. The molecule has 1 unspecified atom stereocenters. The van der Waals surface area contributed by atoms with Crippen LogP contribution in [0.3, 0.4) is 0 Å². The normalized spacial score (nSPS) is 23.8. The van der Waals surface area contributed by atoms with Crippen LogP contribution in [0.15, 0.2) is 4.99 Å². The molecule has 0 aliphatic carbocycles. The lowest BCUT2D eigenvalue weighted by atomic mass is 10.2. The van der Waals surface area contributed by atoms with E-state index in [9.17, 15) is 0 Å². The van der Waals surface area contributed by atoms with Crippen LogP contribution < -0.4 is 5.73 Å². The number of likely N-dealkylation sites (tertiary alicyclic amines) is 1. The standard InChI is InChI=1S/C11H24N4/c1-9(2)13-11(12)15(4)8-10-6-5-7-14(10)3/h9-10H,5-8H2,1-4H3,(H2,12,13). The second-order valence-corrected chi connectivity index (χ2v) is 4.74. The summed E-state index contributed by atoms with van der Waals surface area (Å²) in [5.41, 5.74) is 5.90. The zero-order chi connectivity index (χ0) is 11.4. The number of hydrogen-bond acceptors (Lipinski definition) is 2. The highest BCUT2D eigenvalue weighted by molar-refractivity contribution is 5.77. The Morgan fingerprint density at radius 2 is 2.27 bits per heavy atom. The molecule has 1 atom stereocenters. The van der Waals surface area contributed by atoms with Gasteiger partial charge in [-0.15, -0.1) is 0 Å². The van der Waals surface area contributed by atoms with Crippen LogP contribution in [0.25, 0.3) is 0 Å². The Morgan fingerprint density at radius 3 is 2.73 bits per heavy atom. The highest BCUT2D eigenvalue weighted by atomic mass is 15.3. The summed E-state index contributed by atoms with van der Waals surface area (Å²) < 4.78 is 0. The van der Waals surface area contributed by atoms with Gasteiger partial charge in [0, 0.05) is 25.7 Å². The summed E-state index contributed by atoms with van der Waals surface area (Å²) in [6.45, 7) is 6.28. The summed E-state index contributed by atoms with van der Waals surface area (Å²) in [5, 5.41) is 0. The second kappa shape index (κ2) is 5.35. The molecule has 88 valence electrons. The molecule has 1 fully saturated rings. The molecule has 1 aliphatic rings. The molecule has 0 bridgehead atoms. The lowest BCUT2D eigenvalue weighted by molar-refractivity contribution is 0.266. The minimum atomic E-state index is 0.272. The average molecular weight is 212 g/mol. The van der Waals surface area contributed by atoms with Crippen LogP contribution in [0.1, 0.15) is 26.7 Å². The Hall–Kier alpha value is -0.770. The van der Waals surface area contributed by atoms with Gasteiger partial charge >= 0.3 is 0 Å². The highest BCUT2D eigenvalue weighted by Crippen LogP contribution is 2.15. The molecule has 0 aromatic carbocycles. The maximum Gasteiger partial charge on any atom is 0.191 e. The van der Waals surface area contributed by atoms with E-state index in [-0.39, 0.29) is 6.04 Å². The highest BCUT2D eigenvalue weighted by Gasteiger charge is 2.22. The fraction of sp³-hybridized carbons (Fsp3) is 0.909. The predicted octanol–water partition coefficient (Wildman–Crippen LogP) is 0.736. The Morgan fingerprint density at radius 1 is 1.60 bits per heavy atom. The summed E-state index contributed by atoms with van der Waals surface area (Å²) in [6.07, 6.45) is 2.58. The number of likely N-dealkylation sites (N-methyl/N-ethyl adjacent to an activating group) is 2. The number of nitrogens with zero attached hydrogens (tertiary/aromatic N) is 3. The molecule has 0 radical (unpaired) electrons. The van der Waals surface area contributed by atoms with Crippen LogP contribution in [0.2, 0.25) is 0 Å². The molecule has 0 amide bonds. The topological polar surface area (TPSA) is 44.9 Å². The molecule has 15 heavy (non-hydrogen) atoms. The number of nitrogens with two attached hydrogens (primary N) is 1. The molecule has 4 heteroatoms. The Kier molecular flexibility index (Phi) is 4.39. The fourth-order valence-electron chi connectivity index (χ4n) is 1.98. The second-order valence-electron chi connectivity index (χ2n) is 4.74. The first kappa shape index (κ1) is 12.3. The van der Waals surface area contributed by atoms with Gasteiger partial charge in [0.25, 0.3) is 0 Å². The summed E-state index contributed by atoms with van der Waals surface area (Å²) in [5.74, 6) is 0.658. The van der Waals surface area contributed by atoms with E-state index in [4.69, 9.17) is 5.73 Å². The molecule has 4 nitrogen and oxygen atoms in total. The number of hydrogen-bond donors (Lipinski definition) is 1. The van der Waals surface area contributed by atoms with Crippen molar-refractivity contribution in [2.24, 2.45) is 10.7 Å². The van der Waals surface area contributed by atoms with E-state index in [2.05, 4.69) is 21.8 Å². The Bertz CT molecular complexity index is 225. The molecule has 1 aliphatic heterocycles. The van der Waals surface area contributed by atoms with Gasteiger partial charge < -0.3 is 15.5 Å². The SMILES string of the molecule is CC(C)N=C(N)N(C)CC1CCCN1C. The van der Waals surface area contributed by atoms with Gasteiger partial charge in [-0.3, -0.25) is 4.99 Å². The van der Waals surface area contributed by atoms with Gasteiger partial charge in [0.15, 0.2) is 5.96 Å². The van der Waals surface area contributed by atoms with Gasteiger partial charge in [-0.2, -0.15) is 0 Å². The van der Waals surface area contributed by atoms with E-state index in [0.29, 0.717) is 12.0 Å². The molecular weight excluding hydrogens is 188 g/mol. The summed E-state index contributed by atoms with van der Waals surface area (Å²) in [6, 6.07) is 0.907. The van der Waals surface area contributed by atoms with Crippen LogP contribution in [0.4, 0.5) is 0 Å².